The second-order valence-corrected chi connectivity index (χ2v) is 3.72. The van der Waals surface area contributed by atoms with E-state index in [0.29, 0.717) is 18.2 Å². The smallest absolute Gasteiger partial charge is 0.394 e. The van der Waals surface area contributed by atoms with Gasteiger partial charge in [0.05, 0.1) is 17.1 Å². The van der Waals surface area contributed by atoms with Gasteiger partial charge in [0.2, 0.25) is 0 Å². The van der Waals surface area contributed by atoms with E-state index in [1.807, 2.05) is 0 Å². The Labute approximate surface area is 104 Å². The van der Waals surface area contributed by atoms with Crippen LogP contribution in [0.1, 0.15) is 17.2 Å². The van der Waals surface area contributed by atoms with E-state index < -0.39 is 46.7 Å². The predicted molar refractivity (Wildman–Crippen MR) is 56.2 cm³/mol. The van der Waals surface area contributed by atoms with Crippen LogP contribution in [0.2, 0.25) is 0 Å². The molecule has 3 N–H and O–H groups in total. The lowest BCUT2D eigenvalue weighted by atomic mass is 9.97. The molecule has 0 bridgehead atoms. The molecule has 106 valence electrons. The first-order valence-corrected chi connectivity index (χ1v) is 5.01. The van der Waals surface area contributed by atoms with E-state index in [-0.39, 0.29) is 0 Å². The lowest BCUT2D eigenvalue weighted by Gasteiger charge is -2.20. The quantitative estimate of drug-likeness (QED) is 0.564. The maximum atomic E-state index is 12.7. The van der Waals surface area contributed by atoms with Crippen molar-refractivity contribution in [1.82, 2.24) is 0 Å². The Morgan fingerprint density at radius 2 is 1.89 bits per heavy atom. The Morgan fingerprint density at radius 1 is 1.32 bits per heavy atom. The molecule has 0 aliphatic heterocycles. The van der Waals surface area contributed by atoms with E-state index in [4.69, 9.17) is 10.2 Å². The minimum atomic E-state index is -4.85. The second-order valence-electron chi connectivity index (χ2n) is 3.72. The molecule has 19 heavy (non-hydrogen) atoms. The highest BCUT2D eigenvalue weighted by atomic mass is 19.4. The summed E-state index contributed by atoms with van der Waals surface area (Å²) in [6, 6.07) is 1.61. The summed E-state index contributed by atoms with van der Waals surface area (Å²) in [4.78, 5) is 9.58. The summed E-state index contributed by atoms with van der Waals surface area (Å²) < 4.78 is 38.1. The number of benzene rings is 1. The van der Waals surface area contributed by atoms with Crippen molar-refractivity contribution in [2.75, 3.05) is 6.61 Å². The van der Waals surface area contributed by atoms with Gasteiger partial charge in [0.25, 0.3) is 5.69 Å². The van der Waals surface area contributed by atoms with Crippen molar-refractivity contribution in [3.63, 3.8) is 0 Å². The molecule has 0 radical (unpaired) electrons. The summed E-state index contributed by atoms with van der Waals surface area (Å²) >= 11 is 0. The lowest BCUT2D eigenvalue weighted by molar-refractivity contribution is -0.385. The van der Waals surface area contributed by atoms with Crippen LogP contribution in [0.25, 0.3) is 0 Å². The van der Waals surface area contributed by atoms with Gasteiger partial charge in [0.15, 0.2) is 0 Å². The molecule has 0 saturated carbocycles. The molecule has 0 aliphatic carbocycles. The highest BCUT2D eigenvalue weighted by Crippen LogP contribution is 2.37. The van der Waals surface area contributed by atoms with E-state index in [2.05, 4.69) is 0 Å². The van der Waals surface area contributed by atoms with Crippen LogP contribution in [0.5, 0.6) is 0 Å². The summed E-state index contributed by atoms with van der Waals surface area (Å²) in [5.41, 5.74) is -2.83. The zero-order chi connectivity index (χ0) is 14.8. The van der Waals surface area contributed by atoms with Crippen LogP contribution in [0.4, 0.5) is 18.9 Å². The summed E-state index contributed by atoms with van der Waals surface area (Å²) in [7, 11) is 0. The van der Waals surface area contributed by atoms with Crippen molar-refractivity contribution in [3.05, 3.63) is 39.4 Å². The number of aliphatic hydroxyl groups excluding tert-OH is 3. The highest BCUT2D eigenvalue weighted by Gasteiger charge is 2.37. The first kappa shape index (κ1) is 15.3. The Morgan fingerprint density at radius 3 is 2.32 bits per heavy atom. The number of hydrogen-bond donors (Lipinski definition) is 3. The van der Waals surface area contributed by atoms with Gasteiger partial charge in [-0.25, -0.2) is 0 Å². The van der Waals surface area contributed by atoms with Crippen molar-refractivity contribution in [2.24, 2.45) is 0 Å². The molecule has 0 heterocycles. The van der Waals surface area contributed by atoms with Crippen LogP contribution in [-0.2, 0) is 6.18 Å². The zero-order valence-electron chi connectivity index (χ0n) is 9.33. The standard InChI is InChI=1S/C10H10F3NO5/c11-10(12,13)7-2-1-5(14(18)19)3-6(7)9(17)8(16)4-15/h1-3,8-9,15-17H,4H2. The van der Waals surface area contributed by atoms with Gasteiger partial charge < -0.3 is 15.3 Å². The topological polar surface area (TPSA) is 104 Å². The Kier molecular flexibility index (Phi) is 4.45. The summed E-state index contributed by atoms with van der Waals surface area (Å²) in [6.07, 6.45) is -8.80. The summed E-state index contributed by atoms with van der Waals surface area (Å²) in [5.74, 6) is 0. The van der Waals surface area contributed by atoms with Gasteiger partial charge in [-0.3, -0.25) is 10.1 Å². The molecule has 0 aromatic heterocycles. The van der Waals surface area contributed by atoms with Gasteiger partial charge in [-0.05, 0) is 6.07 Å². The van der Waals surface area contributed by atoms with Crippen molar-refractivity contribution in [3.8, 4) is 0 Å². The number of nitrogens with zero attached hydrogens (tertiary/aromatic N) is 1. The number of halogens is 3. The fraction of sp³-hybridized carbons (Fsp3) is 0.400. The average molecular weight is 281 g/mol. The molecule has 6 nitrogen and oxygen atoms in total. The minimum Gasteiger partial charge on any atom is -0.394 e. The molecular formula is C10H10F3NO5. The summed E-state index contributed by atoms with van der Waals surface area (Å²) in [6.45, 7) is -0.985. The molecular weight excluding hydrogens is 271 g/mol. The van der Waals surface area contributed by atoms with E-state index in [1.54, 1.807) is 0 Å². The SMILES string of the molecule is O=[N+]([O-])c1ccc(C(F)(F)F)c(C(O)C(O)CO)c1. The first-order chi connectivity index (χ1) is 8.68. The molecule has 1 rings (SSSR count). The number of alkyl halides is 3. The Balaban J connectivity index is 3.38. The molecule has 9 heteroatoms. The van der Waals surface area contributed by atoms with E-state index in [9.17, 15) is 28.4 Å². The van der Waals surface area contributed by atoms with Gasteiger partial charge in [-0.1, -0.05) is 0 Å². The van der Waals surface area contributed by atoms with Gasteiger partial charge in [-0.2, -0.15) is 13.2 Å². The molecule has 1 aromatic carbocycles. The maximum absolute atomic E-state index is 12.7. The molecule has 2 atom stereocenters. The lowest BCUT2D eigenvalue weighted by Crippen LogP contribution is -2.25. The molecule has 1 aromatic rings. The van der Waals surface area contributed by atoms with Crippen LogP contribution in [0.3, 0.4) is 0 Å². The molecule has 2 unspecified atom stereocenters. The molecule has 0 amide bonds. The minimum absolute atomic E-state index is 0.445. The number of non-ortho nitro benzene ring substituents is 1. The third-order valence-corrected chi connectivity index (χ3v) is 2.42. The van der Waals surface area contributed by atoms with Gasteiger partial charge in [0.1, 0.15) is 12.2 Å². The number of nitro groups is 1. The Hall–Kier alpha value is -1.71. The van der Waals surface area contributed by atoms with E-state index >= 15 is 0 Å². The van der Waals surface area contributed by atoms with E-state index in [0.717, 1.165) is 0 Å². The molecule has 0 fully saturated rings. The highest BCUT2D eigenvalue weighted by molar-refractivity contribution is 5.42. The molecule has 0 aliphatic rings. The number of nitro benzene ring substituents is 1. The maximum Gasteiger partial charge on any atom is 0.416 e. The van der Waals surface area contributed by atoms with Gasteiger partial charge in [-0.15, -0.1) is 0 Å². The van der Waals surface area contributed by atoms with Crippen molar-refractivity contribution < 1.29 is 33.4 Å². The van der Waals surface area contributed by atoms with Crippen LogP contribution in [0.15, 0.2) is 18.2 Å². The van der Waals surface area contributed by atoms with Crippen LogP contribution < -0.4 is 0 Å². The van der Waals surface area contributed by atoms with Crippen molar-refractivity contribution in [2.45, 2.75) is 18.4 Å². The van der Waals surface area contributed by atoms with Crippen molar-refractivity contribution >= 4 is 5.69 Å². The third-order valence-electron chi connectivity index (χ3n) is 2.42. The second kappa shape index (κ2) is 5.51. The number of hydrogen-bond acceptors (Lipinski definition) is 5. The Bertz CT molecular complexity index is 477. The normalized spacial score (nSPS) is 15.1. The van der Waals surface area contributed by atoms with Crippen LogP contribution in [0, 0.1) is 10.1 Å². The largest absolute Gasteiger partial charge is 0.416 e. The average Bonchev–Trinajstić information content (AvgIpc) is 2.35. The zero-order valence-corrected chi connectivity index (χ0v) is 9.33. The fourth-order valence-corrected chi connectivity index (χ4v) is 1.47. The summed E-state index contributed by atoms with van der Waals surface area (Å²) in [5, 5.41) is 37.8. The predicted octanol–water partition coefficient (Wildman–Crippen LogP) is 1.00. The molecule has 0 saturated heterocycles. The molecule has 0 spiro atoms. The fourth-order valence-electron chi connectivity index (χ4n) is 1.47. The first-order valence-electron chi connectivity index (χ1n) is 5.01. The number of aliphatic hydroxyl groups is 3. The van der Waals surface area contributed by atoms with E-state index in [1.165, 1.54) is 0 Å². The van der Waals surface area contributed by atoms with Gasteiger partial charge in [0, 0.05) is 17.7 Å². The van der Waals surface area contributed by atoms with Crippen molar-refractivity contribution in [1.29, 1.82) is 0 Å². The van der Waals surface area contributed by atoms with Crippen LogP contribution in [-0.4, -0.2) is 33.0 Å². The number of rotatable bonds is 4. The third kappa shape index (κ3) is 3.40. The monoisotopic (exact) mass is 281 g/mol. The van der Waals surface area contributed by atoms with Crippen LogP contribution >= 0.6 is 0 Å². The van der Waals surface area contributed by atoms with Gasteiger partial charge >= 0.3 is 6.18 Å².